The summed E-state index contributed by atoms with van der Waals surface area (Å²) in [5, 5.41) is 0. The fourth-order valence-electron chi connectivity index (χ4n) is 3.62. The van der Waals surface area contributed by atoms with Crippen molar-refractivity contribution in [2.75, 3.05) is 0 Å². The number of rotatable bonds is 4. The first kappa shape index (κ1) is 20.7. The van der Waals surface area contributed by atoms with Crippen LogP contribution in [0.1, 0.15) is 41.0 Å². The van der Waals surface area contributed by atoms with Gasteiger partial charge in [-0.3, -0.25) is 0 Å². The highest BCUT2D eigenvalue weighted by molar-refractivity contribution is 5.33. The Hall–Kier alpha value is -2.06. The highest BCUT2D eigenvalue weighted by atomic mass is 19.4. The van der Waals surface area contributed by atoms with E-state index >= 15 is 0 Å². The lowest BCUT2D eigenvalue weighted by Crippen LogP contribution is -2.29. The Bertz CT molecular complexity index is 770. The van der Waals surface area contributed by atoms with Crippen LogP contribution in [0.3, 0.4) is 0 Å². The van der Waals surface area contributed by atoms with Crippen LogP contribution in [0, 0.1) is 0 Å². The van der Waals surface area contributed by atoms with Crippen LogP contribution in [0.4, 0.5) is 26.3 Å². The van der Waals surface area contributed by atoms with E-state index in [1.807, 2.05) is 30.3 Å². The van der Waals surface area contributed by atoms with Crippen LogP contribution in [0.15, 0.2) is 48.5 Å². The Morgan fingerprint density at radius 2 is 1.43 bits per heavy atom. The van der Waals surface area contributed by atoms with E-state index in [2.05, 4.69) is 0 Å². The molecule has 0 aliphatic heterocycles. The van der Waals surface area contributed by atoms with Gasteiger partial charge in [-0.05, 0) is 42.2 Å². The molecule has 0 amide bonds. The second-order valence-electron chi connectivity index (χ2n) is 6.94. The van der Waals surface area contributed by atoms with E-state index in [0.717, 1.165) is 5.56 Å². The molecule has 0 radical (unpaired) electrons. The van der Waals surface area contributed by atoms with Gasteiger partial charge in [-0.15, -0.1) is 0 Å². The smallest absolute Gasteiger partial charge is 0.373 e. The summed E-state index contributed by atoms with van der Waals surface area (Å²) < 4.78 is 83.7. The van der Waals surface area contributed by atoms with Gasteiger partial charge in [-0.25, -0.2) is 0 Å². The fourth-order valence-corrected chi connectivity index (χ4v) is 3.62. The maximum atomic E-state index is 13.0. The molecule has 0 aromatic heterocycles. The number of ether oxygens (including phenoxy) is 1. The molecule has 0 heterocycles. The predicted octanol–water partition coefficient (Wildman–Crippen LogP) is 5.51. The lowest BCUT2D eigenvalue weighted by atomic mass is 9.93. The minimum absolute atomic E-state index is 0.113. The van der Waals surface area contributed by atoms with Crippen molar-refractivity contribution >= 4 is 0 Å². The largest absolute Gasteiger partial charge is 0.416 e. The van der Waals surface area contributed by atoms with E-state index in [-0.39, 0.29) is 36.3 Å². The second kappa shape index (κ2) is 7.75. The minimum atomic E-state index is -4.88. The number of benzene rings is 2. The van der Waals surface area contributed by atoms with Crippen molar-refractivity contribution in [3.63, 3.8) is 0 Å². The Morgan fingerprint density at radius 1 is 0.857 bits per heavy atom. The van der Waals surface area contributed by atoms with E-state index < -0.39 is 23.5 Å². The van der Waals surface area contributed by atoms with Crippen LogP contribution in [0.2, 0.25) is 0 Å². The molecule has 3 rings (SSSR count). The number of hydrogen-bond donors (Lipinski definition) is 1. The van der Waals surface area contributed by atoms with Gasteiger partial charge >= 0.3 is 12.4 Å². The number of halogens is 6. The molecule has 1 aliphatic carbocycles. The lowest BCUT2D eigenvalue weighted by Gasteiger charge is -2.24. The van der Waals surface area contributed by atoms with Gasteiger partial charge in [0.25, 0.3) is 0 Å². The standard InChI is InChI=1S/C20H19F6NO/c21-19(22,23)14-8-12(9-15(10-14)20(24,25)26)11-28-17-7-6-16(27)18(17)13-4-2-1-3-5-13/h1-5,8-10,16-18H,6-7,11,27H2/t16-,17+,18+/m0/s1. The Morgan fingerprint density at radius 3 is 1.96 bits per heavy atom. The normalized spacial score (nSPS) is 23.2. The zero-order valence-electron chi connectivity index (χ0n) is 14.7. The highest BCUT2D eigenvalue weighted by Gasteiger charge is 2.38. The van der Waals surface area contributed by atoms with Crippen molar-refractivity contribution in [3.8, 4) is 0 Å². The summed E-state index contributed by atoms with van der Waals surface area (Å²) in [5.41, 5.74) is 4.24. The average Bonchev–Trinajstić information content (AvgIpc) is 2.99. The zero-order chi connectivity index (χ0) is 20.5. The maximum absolute atomic E-state index is 13.0. The average molecular weight is 403 g/mol. The molecule has 2 aromatic rings. The van der Waals surface area contributed by atoms with Crippen molar-refractivity contribution in [3.05, 3.63) is 70.8 Å². The van der Waals surface area contributed by atoms with Crippen molar-refractivity contribution in [1.82, 2.24) is 0 Å². The van der Waals surface area contributed by atoms with Gasteiger partial charge in [0.1, 0.15) is 0 Å². The van der Waals surface area contributed by atoms with E-state index in [1.54, 1.807) is 0 Å². The summed E-state index contributed by atoms with van der Waals surface area (Å²) in [6.07, 6.45) is -8.87. The van der Waals surface area contributed by atoms with E-state index in [9.17, 15) is 26.3 Å². The van der Waals surface area contributed by atoms with E-state index in [4.69, 9.17) is 10.5 Å². The van der Waals surface area contributed by atoms with Crippen molar-refractivity contribution in [2.45, 2.75) is 49.9 Å². The highest BCUT2D eigenvalue weighted by Crippen LogP contribution is 2.38. The summed E-state index contributed by atoms with van der Waals surface area (Å²) >= 11 is 0. The molecule has 2 N–H and O–H groups in total. The molecular weight excluding hydrogens is 384 g/mol. The van der Waals surface area contributed by atoms with E-state index in [1.165, 1.54) is 0 Å². The van der Waals surface area contributed by atoms with Gasteiger partial charge in [0.2, 0.25) is 0 Å². The molecular formula is C20H19F6NO. The topological polar surface area (TPSA) is 35.2 Å². The van der Waals surface area contributed by atoms with Gasteiger partial charge in [-0.1, -0.05) is 30.3 Å². The summed E-state index contributed by atoms with van der Waals surface area (Å²) in [6.45, 7) is -0.353. The monoisotopic (exact) mass is 403 g/mol. The van der Waals surface area contributed by atoms with Crippen LogP contribution < -0.4 is 5.73 Å². The Balaban J connectivity index is 1.82. The molecule has 0 spiro atoms. The van der Waals surface area contributed by atoms with Crippen LogP contribution >= 0.6 is 0 Å². The Kier molecular flexibility index (Phi) is 5.72. The van der Waals surface area contributed by atoms with Crippen molar-refractivity contribution < 1.29 is 31.1 Å². The quantitative estimate of drug-likeness (QED) is 0.683. The minimum Gasteiger partial charge on any atom is -0.373 e. The van der Waals surface area contributed by atoms with Crippen LogP contribution in [0.5, 0.6) is 0 Å². The third-order valence-corrected chi connectivity index (χ3v) is 4.94. The number of alkyl halides is 6. The van der Waals surface area contributed by atoms with Gasteiger partial charge in [-0.2, -0.15) is 26.3 Å². The first-order valence-corrected chi connectivity index (χ1v) is 8.76. The molecule has 1 saturated carbocycles. The summed E-state index contributed by atoms with van der Waals surface area (Å²) in [6, 6.07) is 10.6. The van der Waals surface area contributed by atoms with Crippen molar-refractivity contribution in [1.29, 1.82) is 0 Å². The third-order valence-electron chi connectivity index (χ3n) is 4.94. The van der Waals surface area contributed by atoms with E-state index in [0.29, 0.717) is 25.0 Å². The summed E-state index contributed by atoms with van der Waals surface area (Å²) in [4.78, 5) is 0. The van der Waals surface area contributed by atoms with Gasteiger partial charge in [0.05, 0.1) is 23.8 Å². The Labute approximate surface area is 158 Å². The molecule has 152 valence electrons. The van der Waals surface area contributed by atoms with Crippen molar-refractivity contribution in [2.24, 2.45) is 5.73 Å². The molecule has 0 bridgehead atoms. The first-order chi connectivity index (χ1) is 13.1. The first-order valence-electron chi connectivity index (χ1n) is 8.76. The summed E-state index contributed by atoms with van der Waals surface area (Å²) in [7, 11) is 0. The lowest BCUT2D eigenvalue weighted by molar-refractivity contribution is -0.143. The van der Waals surface area contributed by atoms with Gasteiger partial charge < -0.3 is 10.5 Å². The summed E-state index contributed by atoms with van der Waals surface area (Å²) in [5.74, 6) is -0.158. The third kappa shape index (κ3) is 4.67. The molecule has 2 nitrogen and oxygen atoms in total. The van der Waals surface area contributed by atoms with Crippen LogP contribution in [0.25, 0.3) is 0 Å². The molecule has 1 fully saturated rings. The molecule has 0 saturated heterocycles. The maximum Gasteiger partial charge on any atom is 0.416 e. The number of hydrogen-bond acceptors (Lipinski definition) is 2. The van der Waals surface area contributed by atoms with Crippen LogP contribution in [-0.4, -0.2) is 12.1 Å². The van der Waals surface area contributed by atoms with Crippen LogP contribution in [-0.2, 0) is 23.7 Å². The molecule has 0 unspecified atom stereocenters. The molecule has 3 atom stereocenters. The van der Waals surface area contributed by atoms with Gasteiger partial charge in [0, 0.05) is 12.0 Å². The molecule has 8 heteroatoms. The SMILES string of the molecule is N[C@H]1CC[C@@H](OCc2cc(C(F)(F)F)cc(C(F)(F)F)c2)[C@@H]1c1ccccc1. The van der Waals surface area contributed by atoms with Gasteiger partial charge in [0.15, 0.2) is 0 Å². The molecule has 28 heavy (non-hydrogen) atoms. The predicted molar refractivity (Wildman–Crippen MR) is 91.4 cm³/mol. The second-order valence-corrected chi connectivity index (χ2v) is 6.94. The molecule has 1 aliphatic rings. The molecule has 2 aromatic carbocycles. The zero-order valence-corrected chi connectivity index (χ0v) is 14.7. The fraction of sp³-hybridized carbons (Fsp3) is 0.400. The number of nitrogens with two attached hydrogens (primary N) is 1.